The Morgan fingerprint density at radius 2 is 1.72 bits per heavy atom. The number of carbonyl (C=O) groups excluding carboxylic acids is 1. The highest BCUT2D eigenvalue weighted by Crippen LogP contribution is 2.30. The van der Waals surface area contributed by atoms with Crippen LogP contribution in [-0.2, 0) is 10.0 Å². The number of nitrogens with one attached hydrogen (secondary N) is 1. The monoisotopic (exact) mass is 412 g/mol. The van der Waals surface area contributed by atoms with Gasteiger partial charge in [-0.05, 0) is 37.1 Å². The van der Waals surface area contributed by atoms with Gasteiger partial charge in [-0.2, -0.15) is 4.31 Å². The van der Waals surface area contributed by atoms with Gasteiger partial charge in [0.1, 0.15) is 10.5 Å². The maximum absolute atomic E-state index is 13.3. The van der Waals surface area contributed by atoms with Gasteiger partial charge in [-0.15, -0.1) is 0 Å². The van der Waals surface area contributed by atoms with E-state index in [0.717, 1.165) is 37.5 Å². The molecule has 1 saturated carbocycles. The number of rotatable bonds is 5. The maximum atomic E-state index is 13.3. The van der Waals surface area contributed by atoms with Crippen molar-refractivity contribution in [3.8, 4) is 0 Å². The van der Waals surface area contributed by atoms with Gasteiger partial charge < -0.3 is 9.73 Å². The molecule has 0 aliphatic heterocycles. The largest absolute Gasteiger partial charge is 0.451 e. The Kier molecular flexibility index (Phi) is 5.43. The van der Waals surface area contributed by atoms with E-state index in [1.807, 2.05) is 18.2 Å². The van der Waals surface area contributed by atoms with E-state index in [1.165, 1.54) is 10.4 Å². The zero-order valence-corrected chi connectivity index (χ0v) is 17.1. The van der Waals surface area contributed by atoms with Crippen LogP contribution in [0, 0.1) is 0 Å². The lowest BCUT2D eigenvalue weighted by atomic mass is 9.96. The first-order valence-corrected chi connectivity index (χ1v) is 11.3. The van der Waals surface area contributed by atoms with Gasteiger partial charge in [0.2, 0.25) is 10.0 Å². The van der Waals surface area contributed by atoms with Gasteiger partial charge in [0.15, 0.2) is 5.76 Å². The minimum Gasteiger partial charge on any atom is -0.451 e. The number of sulfonamides is 1. The number of nitrogens with zero attached hydrogens (tertiary/aromatic N) is 1. The molecule has 2 aromatic carbocycles. The van der Waals surface area contributed by atoms with Crippen LogP contribution >= 0.6 is 0 Å². The summed E-state index contributed by atoms with van der Waals surface area (Å²) in [6.45, 7) is 0. The van der Waals surface area contributed by atoms with Gasteiger partial charge in [0, 0.05) is 18.5 Å². The summed E-state index contributed by atoms with van der Waals surface area (Å²) >= 11 is 0. The first-order valence-electron chi connectivity index (χ1n) is 9.84. The number of fused-ring (bicyclic) bond motifs is 1. The van der Waals surface area contributed by atoms with Crippen LogP contribution < -0.4 is 5.32 Å². The molecular formula is C22H24N2O4S. The quantitative estimate of drug-likeness (QED) is 0.662. The van der Waals surface area contributed by atoms with Crippen molar-refractivity contribution in [1.29, 1.82) is 0 Å². The van der Waals surface area contributed by atoms with Crippen LogP contribution in [0.15, 0.2) is 63.9 Å². The van der Waals surface area contributed by atoms with Crippen LogP contribution in [-0.4, -0.2) is 31.7 Å². The molecule has 7 heteroatoms. The topological polar surface area (TPSA) is 79.6 Å². The number of carbonyl (C=O) groups is 1. The highest BCUT2D eigenvalue weighted by molar-refractivity contribution is 7.89. The summed E-state index contributed by atoms with van der Waals surface area (Å²) < 4.78 is 33.6. The second-order valence-corrected chi connectivity index (χ2v) is 9.38. The van der Waals surface area contributed by atoms with E-state index < -0.39 is 15.9 Å². The Morgan fingerprint density at radius 3 is 2.48 bits per heavy atom. The van der Waals surface area contributed by atoms with Crippen LogP contribution in [0.1, 0.15) is 42.7 Å². The van der Waals surface area contributed by atoms with Crippen molar-refractivity contribution in [3.63, 3.8) is 0 Å². The number of furan rings is 1. The molecule has 4 rings (SSSR count). The van der Waals surface area contributed by atoms with Crippen molar-refractivity contribution in [2.24, 2.45) is 0 Å². The third-order valence-electron chi connectivity index (χ3n) is 5.53. The summed E-state index contributed by atoms with van der Waals surface area (Å²) in [6, 6.07) is 15.5. The van der Waals surface area contributed by atoms with Crippen LogP contribution in [0.2, 0.25) is 0 Å². The molecule has 0 spiro atoms. The average Bonchev–Trinajstić information content (AvgIpc) is 3.18. The Morgan fingerprint density at radius 1 is 1.03 bits per heavy atom. The summed E-state index contributed by atoms with van der Waals surface area (Å²) in [5.74, 6) is -0.344. The second kappa shape index (κ2) is 8.00. The van der Waals surface area contributed by atoms with Crippen molar-refractivity contribution in [2.75, 3.05) is 12.4 Å². The lowest BCUT2D eigenvalue weighted by molar-refractivity contribution is 0.0998. The Labute approximate surface area is 170 Å². The predicted molar refractivity (Wildman–Crippen MR) is 112 cm³/mol. The molecule has 29 heavy (non-hydrogen) atoms. The zero-order chi connectivity index (χ0) is 20.4. The van der Waals surface area contributed by atoms with Crippen molar-refractivity contribution in [2.45, 2.75) is 43.0 Å². The highest BCUT2D eigenvalue weighted by Gasteiger charge is 2.31. The van der Waals surface area contributed by atoms with Crippen molar-refractivity contribution < 1.29 is 17.6 Å². The fraction of sp³-hybridized carbons (Fsp3) is 0.318. The molecule has 1 N–H and O–H groups in total. The zero-order valence-electron chi connectivity index (χ0n) is 16.3. The van der Waals surface area contributed by atoms with E-state index in [9.17, 15) is 13.2 Å². The second-order valence-electron chi connectivity index (χ2n) is 7.41. The van der Waals surface area contributed by atoms with Gasteiger partial charge in [-0.25, -0.2) is 8.42 Å². The maximum Gasteiger partial charge on any atom is 0.291 e. The summed E-state index contributed by atoms with van der Waals surface area (Å²) in [5.41, 5.74) is 0.858. The Bertz CT molecular complexity index is 1100. The lowest BCUT2D eigenvalue weighted by Gasteiger charge is -2.30. The minimum atomic E-state index is -3.73. The summed E-state index contributed by atoms with van der Waals surface area (Å²) in [7, 11) is -2.11. The van der Waals surface area contributed by atoms with E-state index >= 15 is 0 Å². The van der Waals surface area contributed by atoms with Crippen LogP contribution in [0.25, 0.3) is 11.0 Å². The molecule has 3 aromatic rings. The summed E-state index contributed by atoms with van der Waals surface area (Å²) in [5, 5.41) is 3.53. The normalized spacial score (nSPS) is 15.7. The van der Waals surface area contributed by atoms with Crippen molar-refractivity contribution in [1.82, 2.24) is 4.31 Å². The lowest BCUT2D eigenvalue weighted by Crippen LogP contribution is -2.38. The molecule has 152 valence electrons. The van der Waals surface area contributed by atoms with E-state index in [-0.39, 0.29) is 22.4 Å². The number of anilines is 1. The molecule has 1 aliphatic carbocycles. The predicted octanol–water partition coefficient (Wildman–Crippen LogP) is 4.64. The number of hydrogen-bond acceptors (Lipinski definition) is 4. The van der Waals surface area contributed by atoms with Crippen molar-refractivity contribution in [3.05, 3.63) is 60.4 Å². The average molecular weight is 413 g/mol. The highest BCUT2D eigenvalue weighted by atomic mass is 32.2. The Hall–Kier alpha value is -2.64. The number of para-hydroxylation sites is 2. The van der Waals surface area contributed by atoms with Crippen LogP contribution in [0.4, 0.5) is 5.69 Å². The molecule has 1 amide bonds. The van der Waals surface area contributed by atoms with E-state index in [4.69, 9.17) is 4.42 Å². The molecule has 0 saturated heterocycles. The van der Waals surface area contributed by atoms with Gasteiger partial charge >= 0.3 is 0 Å². The molecule has 1 fully saturated rings. The first-order chi connectivity index (χ1) is 14.0. The molecule has 0 radical (unpaired) electrons. The van der Waals surface area contributed by atoms with Gasteiger partial charge in [-0.1, -0.05) is 49.6 Å². The molecule has 1 aromatic heterocycles. The van der Waals surface area contributed by atoms with Crippen molar-refractivity contribution >= 4 is 32.6 Å². The molecule has 0 bridgehead atoms. The van der Waals surface area contributed by atoms with Crippen LogP contribution in [0.5, 0.6) is 0 Å². The van der Waals surface area contributed by atoms with Gasteiger partial charge in [0.05, 0.1) is 5.69 Å². The first kappa shape index (κ1) is 19.7. The number of hydrogen-bond donors (Lipinski definition) is 1. The molecular weight excluding hydrogens is 388 g/mol. The smallest absolute Gasteiger partial charge is 0.291 e. The van der Waals surface area contributed by atoms with Gasteiger partial charge in [-0.3, -0.25) is 4.79 Å². The SMILES string of the molecule is CN(C1CCCCC1)S(=O)(=O)c1ccccc1NC(=O)c1cc2ccccc2o1. The van der Waals surface area contributed by atoms with E-state index in [0.29, 0.717) is 5.58 Å². The van der Waals surface area contributed by atoms with Gasteiger partial charge in [0.25, 0.3) is 5.91 Å². The number of benzene rings is 2. The van der Waals surface area contributed by atoms with Crippen LogP contribution in [0.3, 0.4) is 0 Å². The standard InChI is InChI=1S/C22H24N2O4S/c1-24(17-10-3-2-4-11-17)29(26,27)21-14-8-6-12-18(21)23-22(25)20-15-16-9-5-7-13-19(16)28-20/h5-9,12-15,17H,2-4,10-11H2,1H3,(H,23,25). The molecule has 0 unspecified atom stereocenters. The third-order valence-corrected chi connectivity index (χ3v) is 7.50. The van der Waals surface area contributed by atoms with E-state index in [1.54, 1.807) is 37.4 Å². The molecule has 1 heterocycles. The minimum absolute atomic E-state index is 0.00659. The van der Waals surface area contributed by atoms with E-state index in [2.05, 4.69) is 5.32 Å². The number of amides is 1. The summed E-state index contributed by atoms with van der Waals surface area (Å²) in [4.78, 5) is 12.8. The third kappa shape index (κ3) is 3.93. The summed E-state index contributed by atoms with van der Waals surface area (Å²) in [6.07, 6.45) is 4.95. The molecule has 0 atom stereocenters. The Balaban J connectivity index is 1.61. The molecule has 1 aliphatic rings. The fourth-order valence-corrected chi connectivity index (χ4v) is 5.43. The fourth-order valence-electron chi connectivity index (χ4n) is 3.87. The molecule has 6 nitrogen and oxygen atoms in total.